The second kappa shape index (κ2) is 5.11. The molecular formula is C15H17NO. The fourth-order valence-electron chi connectivity index (χ4n) is 1.74. The SMILES string of the molecule is Cc1ccc(CC(O)c2ccc(C)nc2)cc1. The third kappa shape index (κ3) is 3.14. The number of aryl methyl sites for hydroxylation is 2. The zero-order valence-corrected chi connectivity index (χ0v) is 10.2. The molecule has 1 unspecified atom stereocenters. The highest BCUT2D eigenvalue weighted by molar-refractivity contribution is 5.24. The first-order valence-electron chi connectivity index (χ1n) is 5.81. The maximum atomic E-state index is 10.1. The molecule has 88 valence electrons. The summed E-state index contributed by atoms with van der Waals surface area (Å²) in [6, 6.07) is 12.1. The predicted molar refractivity (Wildman–Crippen MR) is 68.8 cm³/mol. The van der Waals surface area contributed by atoms with Gasteiger partial charge in [-0.15, -0.1) is 0 Å². The van der Waals surface area contributed by atoms with Gasteiger partial charge in [0, 0.05) is 18.3 Å². The van der Waals surface area contributed by atoms with Crippen molar-refractivity contribution < 1.29 is 5.11 Å². The maximum Gasteiger partial charge on any atom is 0.0845 e. The number of benzene rings is 1. The molecule has 2 nitrogen and oxygen atoms in total. The highest BCUT2D eigenvalue weighted by Crippen LogP contribution is 2.17. The molecule has 0 saturated carbocycles. The topological polar surface area (TPSA) is 33.1 Å². The molecule has 1 aromatic heterocycles. The molecular weight excluding hydrogens is 210 g/mol. The lowest BCUT2D eigenvalue weighted by molar-refractivity contribution is 0.178. The van der Waals surface area contributed by atoms with E-state index in [0.29, 0.717) is 6.42 Å². The second-order valence-electron chi connectivity index (χ2n) is 4.44. The zero-order valence-electron chi connectivity index (χ0n) is 10.2. The lowest BCUT2D eigenvalue weighted by atomic mass is 10.0. The molecule has 0 aliphatic heterocycles. The smallest absolute Gasteiger partial charge is 0.0845 e. The van der Waals surface area contributed by atoms with Gasteiger partial charge in [-0.1, -0.05) is 35.9 Å². The van der Waals surface area contributed by atoms with Crippen LogP contribution in [0.4, 0.5) is 0 Å². The van der Waals surface area contributed by atoms with E-state index in [-0.39, 0.29) is 0 Å². The van der Waals surface area contributed by atoms with Crippen LogP contribution in [0.2, 0.25) is 0 Å². The number of rotatable bonds is 3. The Labute approximate surface area is 102 Å². The number of aliphatic hydroxyl groups is 1. The Hall–Kier alpha value is -1.67. The van der Waals surface area contributed by atoms with E-state index in [4.69, 9.17) is 0 Å². The first kappa shape index (κ1) is 11.8. The summed E-state index contributed by atoms with van der Waals surface area (Å²) in [6.07, 6.45) is 1.89. The lowest BCUT2D eigenvalue weighted by Crippen LogP contribution is -2.02. The molecule has 2 heteroatoms. The van der Waals surface area contributed by atoms with Crippen molar-refractivity contribution in [3.8, 4) is 0 Å². The monoisotopic (exact) mass is 227 g/mol. The Kier molecular flexibility index (Phi) is 3.55. The van der Waals surface area contributed by atoms with Gasteiger partial charge in [0.1, 0.15) is 0 Å². The fraction of sp³-hybridized carbons (Fsp3) is 0.267. The lowest BCUT2D eigenvalue weighted by Gasteiger charge is -2.11. The van der Waals surface area contributed by atoms with Gasteiger partial charge in [-0.25, -0.2) is 0 Å². The number of aliphatic hydroxyl groups excluding tert-OH is 1. The second-order valence-corrected chi connectivity index (χ2v) is 4.44. The summed E-state index contributed by atoms with van der Waals surface area (Å²) in [6.45, 7) is 4.00. The molecule has 0 aliphatic carbocycles. The minimum atomic E-state index is -0.481. The molecule has 0 bridgehead atoms. The number of nitrogens with zero attached hydrogens (tertiary/aromatic N) is 1. The van der Waals surface area contributed by atoms with Crippen molar-refractivity contribution in [3.63, 3.8) is 0 Å². The summed E-state index contributed by atoms with van der Waals surface area (Å²) in [5.74, 6) is 0. The first-order valence-corrected chi connectivity index (χ1v) is 5.81. The Balaban J connectivity index is 2.08. The molecule has 0 aliphatic rings. The van der Waals surface area contributed by atoms with Gasteiger partial charge in [-0.05, 0) is 31.0 Å². The summed E-state index contributed by atoms with van der Waals surface area (Å²) < 4.78 is 0. The normalized spacial score (nSPS) is 12.4. The molecule has 0 saturated heterocycles. The third-order valence-corrected chi connectivity index (χ3v) is 2.87. The predicted octanol–water partition coefficient (Wildman–Crippen LogP) is 2.97. The number of hydrogen-bond donors (Lipinski definition) is 1. The summed E-state index contributed by atoms with van der Waals surface area (Å²) in [5.41, 5.74) is 4.22. The van der Waals surface area contributed by atoms with Gasteiger partial charge in [0.05, 0.1) is 6.10 Å². The summed E-state index contributed by atoms with van der Waals surface area (Å²) in [5, 5.41) is 10.1. The van der Waals surface area contributed by atoms with Crippen molar-refractivity contribution >= 4 is 0 Å². The van der Waals surface area contributed by atoms with Crippen LogP contribution in [0.5, 0.6) is 0 Å². The van der Waals surface area contributed by atoms with Crippen LogP contribution in [-0.4, -0.2) is 10.1 Å². The zero-order chi connectivity index (χ0) is 12.3. The summed E-state index contributed by atoms with van der Waals surface area (Å²) in [4.78, 5) is 4.20. The summed E-state index contributed by atoms with van der Waals surface area (Å²) >= 11 is 0. The van der Waals surface area contributed by atoms with Crippen LogP contribution in [-0.2, 0) is 6.42 Å². The van der Waals surface area contributed by atoms with E-state index in [2.05, 4.69) is 36.2 Å². The Morgan fingerprint density at radius 2 is 1.76 bits per heavy atom. The van der Waals surface area contributed by atoms with Crippen LogP contribution in [0, 0.1) is 13.8 Å². The molecule has 17 heavy (non-hydrogen) atoms. The minimum absolute atomic E-state index is 0.481. The van der Waals surface area contributed by atoms with Gasteiger partial charge in [0.2, 0.25) is 0 Å². The van der Waals surface area contributed by atoms with Crippen LogP contribution in [0.3, 0.4) is 0 Å². The molecule has 0 radical (unpaired) electrons. The van der Waals surface area contributed by atoms with Crippen molar-refractivity contribution in [1.29, 1.82) is 0 Å². The van der Waals surface area contributed by atoms with E-state index in [1.54, 1.807) is 6.20 Å². The van der Waals surface area contributed by atoms with E-state index < -0.39 is 6.10 Å². The molecule has 2 rings (SSSR count). The molecule has 0 spiro atoms. The maximum absolute atomic E-state index is 10.1. The van der Waals surface area contributed by atoms with Crippen molar-refractivity contribution in [2.24, 2.45) is 0 Å². The van der Waals surface area contributed by atoms with Crippen LogP contribution in [0.1, 0.15) is 28.5 Å². The molecule has 0 fully saturated rings. The Morgan fingerprint density at radius 1 is 1.06 bits per heavy atom. The first-order chi connectivity index (χ1) is 8.15. The summed E-state index contributed by atoms with van der Waals surface area (Å²) in [7, 11) is 0. The molecule has 1 N–H and O–H groups in total. The van der Waals surface area contributed by atoms with Crippen molar-refractivity contribution in [1.82, 2.24) is 4.98 Å². The molecule has 1 heterocycles. The van der Waals surface area contributed by atoms with E-state index in [1.807, 2.05) is 19.1 Å². The van der Waals surface area contributed by atoms with E-state index in [9.17, 15) is 5.11 Å². The van der Waals surface area contributed by atoms with Gasteiger partial charge < -0.3 is 5.11 Å². The molecule has 0 amide bonds. The molecule has 1 aromatic carbocycles. The van der Waals surface area contributed by atoms with Gasteiger partial charge in [-0.3, -0.25) is 4.98 Å². The minimum Gasteiger partial charge on any atom is -0.388 e. The highest BCUT2D eigenvalue weighted by Gasteiger charge is 2.08. The van der Waals surface area contributed by atoms with Crippen LogP contribution in [0.25, 0.3) is 0 Å². The van der Waals surface area contributed by atoms with E-state index in [0.717, 1.165) is 16.8 Å². The third-order valence-electron chi connectivity index (χ3n) is 2.87. The van der Waals surface area contributed by atoms with Crippen LogP contribution >= 0.6 is 0 Å². The number of pyridine rings is 1. The van der Waals surface area contributed by atoms with Gasteiger partial charge >= 0.3 is 0 Å². The van der Waals surface area contributed by atoms with Crippen molar-refractivity contribution in [2.75, 3.05) is 0 Å². The van der Waals surface area contributed by atoms with Crippen LogP contribution in [0.15, 0.2) is 42.6 Å². The van der Waals surface area contributed by atoms with Crippen molar-refractivity contribution in [3.05, 3.63) is 65.0 Å². The Morgan fingerprint density at radius 3 is 2.35 bits per heavy atom. The largest absolute Gasteiger partial charge is 0.388 e. The standard InChI is InChI=1S/C15H17NO/c1-11-3-6-13(7-4-11)9-15(17)14-8-5-12(2)16-10-14/h3-8,10,15,17H,9H2,1-2H3. The number of hydrogen-bond acceptors (Lipinski definition) is 2. The number of aromatic nitrogens is 1. The quantitative estimate of drug-likeness (QED) is 0.874. The van der Waals surface area contributed by atoms with Gasteiger partial charge in [-0.2, -0.15) is 0 Å². The van der Waals surface area contributed by atoms with Crippen molar-refractivity contribution in [2.45, 2.75) is 26.4 Å². The van der Waals surface area contributed by atoms with Crippen LogP contribution < -0.4 is 0 Å². The van der Waals surface area contributed by atoms with Gasteiger partial charge in [0.15, 0.2) is 0 Å². The highest BCUT2D eigenvalue weighted by atomic mass is 16.3. The average Bonchev–Trinajstić information content (AvgIpc) is 2.33. The van der Waals surface area contributed by atoms with Gasteiger partial charge in [0.25, 0.3) is 0 Å². The fourth-order valence-corrected chi connectivity index (χ4v) is 1.74. The Bertz CT molecular complexity index is 473. The molecule has 2 aromatic rings. The van der Waals surface area contributed by atoms with E-state index >= 15 is 0 Å². The average molecular weight is 227 g/mol. The molecule has 1 atom stereocenters. The van der Waals surface area contributed by atoms with E-state index in [1.165, 1.54) is 5.56 Å².